The van der Waals surface area contributed by atoms with E-state index in [2.05, 4.69) is 4.74 Å². The molecule has 0 heterocycles. The molecule has 18 heavy (non-hydrogen) atoms. The second-order valence-electron chi connectivity index (χ2n) is 4.38. The molecule has 0 spiro atoms. The van der Waals surface area contributed by atoms with Crippen LogP contribution in [-0.4, -0.2) is 57.2 Å². The summed E-state index contributed by atoms with van der Waals surface area (Å²) in [5.41, 5.74) is 5.78. The fourth-order valence-corrected chi connectivity index (χ4v) is 1.63. The summed E-state index contributed by atoms with van der Waals surface area (Å²) in [5, 5.41) is 0. The Hall–Kier alpha value is -1.14. The van der Waals surface area contributed by atoms with E-state index in [1.165, 1.54) is 12.0 Å². The van der Waals surface area contributed by atoms with Crippen molar-refractivity contribution in [1.29, 1.82) is 0 Å². The average Bonchev–Trinajstić information content (AvgIpc) is 2.36. The third-order valence-electron chi connectivity index (χ3n) is 2.71. The Balaban J connectivity index is 4.12. The molecule has 2 unspecified atom stereocenters. The Morgan fingerprint density at radius 3 is 2.44 bits per heavy atom. The molecule has 0 aromatic carbocycles. The normalized spacial score (nSPS) is 13.8. The highest BCUT2D eigenvalue weighted by Crippen LogP contribution is 2.04. The Morgan fingerprint density at radius 2 is 1.94 bits per heavy atom. The standard InChI is InChI=1S/C12H24N2O4/c1-9(12(16)18-4)8-14(2)11(15)10(13)6-5-7-17-3/h9-10H,5-8,13H2,1-4H3. The van der Waals surface area contributed by atoms with Crippen LogP contribution in [0.4, 0.5) is 0 Å². The van der Waals surface area contributed by atoms with Gasteiger partial charge in [-0.2, -0.15) is 0 Å². The first-order chi connectivity index (χ1) is 8.43. The van der Waals surface area contributed by atoms with Gasteiger partial charge in [0.15, 0.2) is 0 Å². The first-order valence-corrected chi connectivity index (χ1v) is 6.01. The summed E-state index contributed by atoms with van der Waals surface area (Å²) in [6.07, 6.45) is 1.31. The molecule has 6 nitrogen and oxygen atoms in total. The van der Waals surface area contributed by atoms with Crippen molar-refractivity contribution in [3.63, 3.8) is 0 Å². The summed E-state index contributed by atoms with van der Waals surface area (Å²) in [6, 6.07) is -0.546. The van der Waals surface area contributed by atoms with Crippen LogP contribution < -0.4 is 5.73 Å². The van der Waals surface area contributed by atoms with Crippen LogP contribution >= 0.6 is 0 Å². The van der Waals surface area contributed by atoms with Crippen molar-refractivity contribution in [3.8, 4) is 0 Å². The summed E-state index contributed by atoms with van der Waals surface area (Å²) >= 11 is 0. The first-order valence-electron chi connectivity index (χ1n) is 6.01. The van der Waals surface area contributed by atoms with Crippen LogP contribution in [-0.2, 0) is 19.1 Å². The highest BCUT2D eigenvalue weighted by atomic mass is 16.5. The van der Waals surface area contributed by atoms with Crippen LogP contribution in [0.15, 0.2) is 0 Å². The van der Waals surface area contributed by atoms with E-state index in [9.17, 15) is 9.59 Å². The smallest absolute Gasteiger partial charge is 0.310 e. The molecule has 6 heteroatoms. The van der Waals surface area contributed by atoms with Crippen molar-refractivity contribution in [2.24, 2.45) is 11.7 Å². The maximum Gasteiger partial charge on any atom is 0.310 e. The van der Waals surface area contributed by atoms with Gasteiger partial charge in [0.05, 0.1) is 19.1 Å². The van der Waals surface area contributed by atoms with Gasteiger partial charge in [0, 0.05) is 27.3 Å². The summed E-state index contributed by atoms with van der Waals surface area (Å²) in [6.45, 7) is 2.61. The van der Waals surface area contributed by atoms with E-state index in [1.807, 2.05) is 0 Å². The minimum atomic E-state index is -0.546. The van der Waals surface area contributed by atoms with Gasteiger partial charge in [-0.15, -0.1) is 0 Å². The molecular weight excluding hydrogens is 236 g/mol. The van der Waals surface area contributed by atoms with Gasteiger partial charge in [-0.1, -0.05) is 6.92 Å². The molecule has 1 amide bonds. The summed E-state index contributed by atoms with van der Waals surface area (Å²) < 4.78 is 9.51. The van der Waals surface area contributed by atoms with Crippen molar-refractivity contribution >= 4 is 11.9 Å². The van der Waals surface area contributed by atoms with Gasteiger partial charge in [0.1, 0.15) is 0 Å². The lowest BCUT2D eigenvalue weighted by molar-refractivity contribution is -0.146. The Bertz CT molecular complexity index is 271. The number of hydrogen-bond acceptors (Lipinski definition) is 5. The Kier molecular flexibility index (Phi) is 8.32. The number of ether oxygens (including phenoxy) is 2. The minimum absolute atomic E-state index is 0.165. The van der Waals surface area contributed by atoms with Gasteiger partial charge >= 0.3 is 5.97 Å². The molecule has 0 aromatic heterocycles. The van der Waals surface area contributed by atoms with Crippen LogP contribution in [0.25, 0.3) is 0 Å². The van der Waals surface area contributed by atoms with Gasteiger partial charge < -0.3 is 20.1 Å². The van der Waals surface area contributed by atoms with Crippen LogP contribution in [0.3, 0.4) is 0 Å². The Morgan fingerprint density at radius 1 is 1.33 bits per heavy atom. The summed E-state index contributed by atoms with van der Waals surface area (Å²) in [4.78, 5) is 24.6. The number of amides is 1. The second kappa shape index (κ2) is 8.88. The van der Waals surface area contributed by atoms with Crippen LogP contribution in [0.5, 0.6) is 0 Å². The van der Waals surface area contributed by atoms with Crippen molar-refractivity contribution in [1.82, 2.24) is 4.90 Å². The van der Waals surface area contributed by atoms with Crippen LogP contribution in [0, 0.1) is 5.92 Å². The van der Waals surface area contributed by atoms with E-state index >= 15 is 0 Å². The van der Waals surface area contributed by atoms with Crippen LogP contribution in [0.2, 0.25) is 0 Å². The SMILES string of the molecule is COCCCC(N)C(=O)N(C)CC(C)C(=O)OC. The van der Waals surface area contributed by atoms with E-state index in [0.29, 0.717) is 19.6 Å². The number of nitrogens with two attached hydrogens (primary N) is 1. The summed E-state index contributed by atoms with van der Waals surface area (Å²) in [5.74, 6) is -0.848. The lowest BCUT2D eigenvalue weighted by atomic mass is 10.1. The zero-order valence-corrected chi connectivity index (χ0v) is 11.6. The van der Waals surface area contributed by atoms with Crippen LogP contribution in [0.1, 0.15) is 19.8 Å². The average molecular weight is 260 g/mol. The van der Waals surface area contributed by atoms with Gasteiger partial charge in [0.2, 0.25) is 5.91 Å². The molecule has 0 radical (unpaired) electrons. The third kappa shape index (κ3) is 5.97. The van der Waals surface area contributed by atoms with Crippen molar-refractivity contribution in [2.45, 2.75) is 25.8 Å². The maximum absolute atomic E-state index is 11.9. The number of hydrogen-bond donors (Lipinski definition) is 1. The zero-order valence-electron chi connectivity index (χ0n) is 11.6. The van der Waals surface area contributed by atoms with E-state index < -0.39 is 6.04 Å². The number of methoxy groups -OCH3 is 2. The molecule has 0 rings (SSSR count). The fraction of sp³-hybridized carbons (Fsp3) is 0.833. The predicted molar refractivity (Wildman–Crippen MR) is 67.9 cm³/mol. The van der Waals surface area contributed by atoms with E-state index in [4.69, 9.17) is 10.5 Å². The molecule has 0 saturated heterocycles. The number of rotatable bonds is 8. The van der Waals surface area contributed by atoms with Gasteiger partial charge in [-0.3, -0.25) is 9.59 Å². The molecule has 0 bridgehead atoms. The quantitative estimate of drug-likeness (QED) is 0.491. The number of likely N-dealkylation sites (N-methyl/N-ethyl adjacent to an activating group) is 1. The molecular formula is C12H24N2O4. The predicted octanol–water partition coefficient (Wildman–Crippen LogP) is 0.00780. The van der Waals surface area contributed by atoms with Crippen molar-refractivity contribution in [3.05, 3.63) is 0 Å². The van der Waals surface area contributed by atoms with Gasteiger partial charge in [0.25, 0.3) is 0 Å². The highest BCUT2D eigenvalue weighted by Gasteiger charge is 2.22. The molecule has 0 saturated carbocycles. The Labute approximate surface area is 108 Å². The second-order valence-corrected chi connectivity index (χ2v) is 4.38. The van der Waals surface area contributed by atoms with E-state index in [1.54, 1.807) is 21.1 Å². The fourth-order valence-electron chi connectivity index (χ4n) is 1.63. The van der Waals surface area contributed by atoms with Gasteiger partial charge in [-0.05, 0) is 12.8 Å². The molecule has 2 N–H and O–H groups in total. The van der Waals surface area contributed by atoms with E-state index in [-0.39, 0.29) is 17.8 Å². The van der Waals surface area contributed by atoms with Crippen molar-refractivity contribution < 1.29 is 19.1 Å². The number of carbonyl (C=O) groups excluding carboxylic acids is 2. The monoisotopic (exact) mass is 260 g/mol. The lowest BCUT2D eigenvalue weighted by Gasteiger charge is -2.23. The molecule has 0 aliphatic heterocycles. The maximum atomic E-state index is 11.9. The molecule has 0 aliphatic carbocycles. The largest absolute Gasteiger partial charge is 0.469 e. The van der Waals surface area contributed by atoms with Gasteiger partial charge in [-0.25, -0.2) is 0 Å². The number of nitrogens with zero attached hydrogens (tertiary/aromatic N) is 1. The van der Waals surface area contributed by atoms with E-state index in [0.717, 1.165) is 6.42 Å². The third-order valence-corrected chi connectivity index (χ3v) is 2.71. The summed E-state index contributed by atoms with van der Waals surface area (Å²) in [7, 11) is 4.58. The molecule has 0 aromatic rings. The number of carbonyl (C=O) groups is 2. The molecule has 0 aliphatic rings. The topological polar surface area (TPSA) is 81.9 Å². The molecule has 2 atom stereocenters. The number of esters is 1. The first kappa shape index (κ1) is 16.9. The molecule has 0 fully saturated rings. The minimum Gasteiger partial charge on any atom is -0.469 e. The highest BCUT2D eigenvalue weighted by molar-refractivity contribution is 5.82. The lowest BCUT2D eigenvalue weighted by Crippen LogP contribution is -2.44. The van der Waals surface area contributed by atoms with Crippen molar-refractivity contribution in [2.75, 3.05) is 34.4 Å². The molecule has 106 valence electrons. The zero-order chi connectivity index (χ0) is 14.1.